The van der Waals surface area contributed by atoms with Gasteiger partial charge in [0.1, 0.15) is 0 Å². The summed E-state index contributed by atoms with van der Waals surface area (Å²) in [6, 6.07) is 6.03. The Kier molecular flexibility index (Phi) is 4.50. The van der Waals surface area contributed by atoms with Crippen molar-refractivity contribution < 1.29 is 4.79 Å². The lowest BCUT2D eigenvalue weighted by molar-refractivity contribution is 0.0609. The molecule has 1 aromatic rings. The molecule has 2 aliphatic heterocycles. The number of carbonyl (C=O) groups excluding carboxylic acids is 1. The normalized spacial score (nSPS) is 23.5. The van der Waals surface area contributed by atoms with Crippen molar-refractivity contribution in [3.05, 3.63) is 28.2 Å². The van der Waals surface area contributed by atoms with Gasteiger partial charge in [0.15, 0.2) is 0 Å². The molecule has 1 unspecified atom stereocenters. The van der Waals surface area contributed by atoms with Crippen LogP contribution in [0.25, 0.3) is 0 Å². The number of piperidine rings is 1. The second-order valence-electron chi connectivity index (χ2n) is 6.02. The number of nitrogens with zero attached hydrogens (tertiary/aromatic N) is 2. The average Bonchev–Trinajstić information content (AvgIpc) is 3.01. The highest BCUT2D eigenvalue weighted by molar-refractivity contribution is 9.10. The molecular formula is C16H22BrN3O. The largest absolute Gasteiger partial charge is 0.398 e. The molecule has 2 N–H and O–H groups in total. The molecule has 0 bridgehead atoms. The number of carbonyl (C=O) groups is 1. The van der Waals surface area contributed by atoms with Crippen molar-refractivity contribution in [3.8, 4) is 0 Å². The first kappa shape index (κ1) is 14.9. The zero-order valence-corrected chi connectivity index (χ0v) is 13.8. The summed E-state index contributed by atoms with van der Waals surface area (Å²) in [5.74, 6) is 0.0731. The summed E-state index contributed by atoms with van der Waals surface area (Å²) in [5, 5.41) is 0. The Morgan fingerprint density at radius 1 is 1.19 bits per heavy atom. The maximum absolute atomic E-state index is 12.7. The van der Waals surface area contributed by atoms with Crippen LogP contribution in [-0.2, 0) is 0 Å². The molecule has 3 rings (SSSR count). The van der Waals surface area contributed by atoms with Crippen LogP contribution in [0.3, 0.4) is 0 Å². The smallest absolute Gasteiger partial charge is 0.255 e. The number of halogens is 1. The van der Waals surface area contributed by atoms with E-state index in [2.05, 4.69) is 20.8 Å². The Morgan fingerprint density at radius 2 is 1.95 bits per heavy atom. The summed E-state index contributed by atoms with van der Waals surface area (Å²) in [4.78, 5) is 17.2. The van der Waals surface area contributed by atoms with Crippen molar-refractivity contribution in [2.75, 3.05) is 31.9 Å². The lowest BCUT2D eigenvalue weighted by atomic mass is 10.0. The molecule has 0 radical (unpaired) electrons. The van der Waals surface area contributed by atoms with E-state index in [1.807, 2.05) is 17.0 Å². The van der Waals surface area contributed by atoms with Crippen molar-refractivity contribution in [3.63, 3.8) is 0 Å². The first-order chi connectivity index (χ1) is 10.1. The maximum atomic E-state index is 12.7. The predicted octanol–water partition coefficient (Wildman–Crippen LogP) is 2.73. The fourth-order valence-electron chi connectivity index (χ4n) is 3.44. The zero-order valence-electron chi connectivity index (χ0n) is 12.2. The van der Waals surface area contributed by atoms with E-state index in [-0.39, 0.29) is 5.91 Å². The van der Waals surface area contributed by atoms with E-state index in [1.54, 1.807) is 6.07 Å². The molecule has 1 amide bonds. The first-order valence-corrected chi connectivity index (χ1v) is 8.53. The summed E-state index contributed by atoms with van der Waals surface area (Å²) >= 11 is 3.38. The van der Waals surface area contributed by atoms with Gasteiger partial charge >= 0.3 is 0 Å². The van der Waals surface area contributed by atoms with E-state index in [9.17, 15) is 4.79 Å². The van der Waals surface area contributed by atoms with Crippen LogP contribution in [0.1, 0.15) is 36.0 Å². The van der Waals surface area contributed by atoms with E-state index in [1.165, 1.54) is 32.4 Å². The van der Waals surface area contributed by atoms with Gasteiger partial charge in [-0.05, 0) is 57.0 Å². The molecule has 1 atom stereocenters. The summed E-state index contributed by atoms with van der Waals surface area (Å²) in [6.45, 7) is 4.06. The van der Waals surface area contributed by atoms with Crippen LogP contribution in [-0.4, -0.2) is 47.9 Å². The average molecular weight is 352 g/mol. The van der Waals surface area contributed by atoms with Crippen molar-refractivity contribution in [2.24, 2.45) is 0 Å². The topological polar surface area (TPSA) is 49.6 Å². The van der Waals surface area contributed by atoms with Crippen LogP contribution in [0.2, 0.25) is 0 Å². The summed E-state index contributed by atoms with van der Waals surface area (Å²) in [6.07, 6.45) is 4.89. The Labute approximate surface area is 134 Å². The second-order valence-corrected chi connectivity index (χ2v) is 6.94. The number of benzene rings is 1. The Morgan fingerprint density at radius 3 is 2.67 bits per heavy atom. The van der Waals surface area contributed by atoms with Gasteiger partial charge in [0.05, 0.1) is 5.56 Å². The lowest BCUT2D eigenvalue weighted by Crippen LogP contribution is -2.49. The zero-order chi connectivity index (χ0) is 14.8. The minimum Gasteiger partial charge on any atom is -0.398 e. The van der Waals surface area contributed by atoms with Gasteiger partial charge < -0.3 is 10.6 Å². The van der Waals surface area contributed by atoms with Gasteiger partial charge in [-0.3, -0.25) is 9.69 Å². The number of nitrogen functional groups attached to an aromatic ring is 1. The monoisotopic (exact) mass is 351 g/mol. The van der Waals surface area contributed by atoms with Gasteiger partial charge in [-0.15, -0.1) is 0 Å². The first-order valence-electron chi connectivity index (χ1n) is 7.73. The van der Waals surface area contributed by atoms with Crippen molar-refractivity contribution in [2.45, 2.75) is 31.7 Å². The number of likely N-dealkylation sites (tertiary alicyclic amines) is 2. The molecule has 5 heteroatoms. The van der Waals surface area contributed by atoms with Gasteiger partial charge in [0.2, 0.25) is 0 Å². The number of hydrogen-bond donors (Lipinski definition) is 1. The fraction of sp³-hybridized carbons (Fsp3) is 0.562. The number of rotatable bonds is 2. The van der Waals surface area contributed by atoms with Gasteiger partial charge in [-0.1, -0.05) is 15.9 Å². The predicted molar refractivity (Wildman–Crippen MR) is 88.3 cm³/mol. The molecule has 1 aromatic carbocycles. The highest BCUT2D eigenvalue weighted by Gasteiger charge is 2.30. The van der Waals surface area contributed by atoms with Gasteiger partial charge in [0, 0.05) is 29.3 Å². The molecule has 4 nitrogen and oxygen atoms in total. The van der Waals surface area contributed by atoms with Crippen LogP contribution < -0.4 is 5.73 Å². The Balaban J connectivity index is 1.71. The molecule has 2 aliphatic rings. The van der Waals surface area contributed by atoms with Gasteiger partial charge in [-0.25, -0.2) is 0 Å². The number of anilines is 1. The van der Waals surface area contributed by atoms with Crippen LogP contribution in [0.5, 0.6) is 0 Å². The van der Waals surface area contributed by atoms with Gasteiger partial charge in [-0.2, -0.15) is 0 Å². The van der Waals surface area contributed by atoms with E-state index >= 15 is 0 Å². The third-order valence-corrected chi connectivity index (χ3v) is 5.08. The SMILES string of the molecule is Nc1cc(Br)ccc1C(=O)N1CCCC(N2CCCC2)C1. The number of hydrogen-bond acceptors (Lipinski definition) is 3. The Bertz CT molecular complexity index is 528. The van der Waals surface area contributed by atoms with E-state index < -0.39 is 0 Å². The molecule has 114 valence electrons. The summed E-state index contributed by atoms with van der Waals surface area (Å²) < 4.78 is 0.908. The Hall–Kier alpha value is -1.07. The van der Waals surface area contributed by atoms with E-state index in [0.717, 1.165) is 24.0 Å². The molecule has 2 heterocycles. The third kappa shape index (κ3) is 3.24. The minimum atomic E-state index is 0.0731. The molecule has 21 heavy (non-hydrogen) atoms. The standard InChI is InChI=1S/C16H22BrN3O/c17-12-5-6-14(15(18)10-12)16(21)20-9-3-4-13(11-20)19-7-1-2-8-19/h5-6,10,13H,1-4,7-9,11,18H2. The summed E-state index contributed by atoms with van der Waals surface area (Å²) in [7, 11) is 0. The van der Waals surface area contributed by atoms with Crippen molar-refractivity contribution >= 4 is 27.5 Å². The minimum absolute atomic E-state index is 0.0731. The van der Waals surface area contributed by atoms with Gasteiger partial charge in [0.25, 0.3) is 5.91 Å². The third-order valence-electron chi connectivity index (χ3n) is 4.58. The molecule has 0 aliphatic carbocycles. The number of nitrogens with two attached hydrogens (primary N) is 1. The molecule has 0 aromatic heterocycles. The lowest BCUT2D eigenvalue weighted by Gasteiger charge is -2.37. The van der Waals surface area contributed by atoms with Crippen LogP contribution in [0, 0.1) is 0 Å². The highest BCUT2D eigenvalue weighted by Crippen LogP contribution is 2.24. The van der Waals surface area contributed by atoms with Crippen LogP contribution in [0.15, 0.2) is 22.7 Å². The van der Waals surface area contributed by atoms with Crippen LogP contribution in [0.4, 0.5) is 5.69 Å². The molecule has 2 fully saturated rings. The number of amides is 1. The highest BCUT2D eigenvalue weighted by atomic mass is 79.9. The van der Waals surface area contributed by atoms with Crippen molar-refractivity contribution in [1.29, 1.82) is 0 Å². The maximum Gasteiger partial charge on any atom is 0.255 e. The van der Waals surface area contributed by atoms with E-state index in [4.69, 9.17) is 5.73 Å². The molecule has 0 spiro atoms. The fourth-order valence-corrected chi connectivity index (χ4v) is 3.82. The second kappa shape index (κ2) is 6.36. The van der Waals surface area contributed by atoms with Crippen LogP contribution >= 0.6 is 15.9 Å². The van der Waals surface area contributed by atoms with Crippen molar-refractivity contribution in [1.82, 2.24) is 9.80 Å². The quantitative estimate of drug-likeness (QED) is 0.833. The molecular weight excluding hydrogens is 330 g/mol. The molecule has 0 saturated carbocycles. The summed E-state index contributed by atoms with van der Waals surface area (Å²) in [5.41, 5.74) is 7.18. The van der Waals surface area contributed by atoms with E-state index in [0.29, 0.717) is 17.3 Å². The molecule has 2 saturated heterocycles.